The van der Waals surface area contributed by atoms with Crippen LogP contribution in [-0.2, 0) is 17.8 Å². The Kier molecular flexibility index (Phi) is 4.96. The van der Waals surface area contributed by atoms with E-state index in [9.17, 15) is 4.79 Å². The highest BCUT2D eigenvalue weighted by Crippen LogP contribution is 1.94. The molecule has 0 aliphatic carbocycles. The molecule has 16 heavy (non-hydrogen) atoms. The predicted molar refractivity (Wildman–Crippen MR) is 63.9 cm³/mol. The summed E-state index contributed by atoms with van der Waals surface area (Å²) in [6, 6.07) is 4.36. The lowest BCUT2D eigenvalue weighted by Crippen LogP contribution is -2.44. The zero-order valence-electron chi connectivity index (χ0n) is 10.4. The third-order valence-corrected chi connectivity index (χ3v) is 2.71. The average molecular weight is 221 g/mol. The van der Waals surface area contributed by atoms with Gasteiger partial charge in [-0.3, -0.25) is 4.79 Å². The van der Waals surface area contributed by atoms with Crippen LogP contribution in [0.1, 0.15) is 32.8 Å². The van der Waals surface area contributed by atoms with Gasteiger partial charge >= 0.3 is 0 Å². The number of hydrogen-bond donors (Lipinski definition) is 1. The second kappa shape index (κ2) is 6.26. The molecule has 0 saturated carbocycles. The van der Waals surface area contributed by atoms with E-state index in [-0.39, 0.29) is 11.9 Å². The minimum atomic E-state index is 0.0728. The smallest absolute Gasteiger partial charge is 0.286 e. The standard InChI is InChI=1S/C13H20N2O/c1-4-11(3)14-13(16)10-15-8-6-12(5-2)7-9-15/h6-9,11H,4-5,10H2,1-3H3/p+1/t11-/m0/s1. The highest BCUT2D eigenvalue weighted by atomic mass is 16.2. The quantitative estimate of drug-likeness (QED) is 0.750. The summed E-state index contributed by atoms with van der Waals surface area (Å²) < 4.78 is 1.90. The number of rotatable bonds is 5. The maximum absolute atomic E-state index is 11.6. The normalized spacial score (nSPS) is 12.2. The molecule has 0 aliphatic rings. The van der Waals surface area contributed by atoms with Crippen molar-refractivity contribution >= 4 is 5.91 Å². The molecule has 0 saturated heterocycles. The molecule has 1 aromatic heterocycles. The Labute approximate surface area is 97.5 Å². The van der Waals surface area contributed by atoms with E-state index >= 15 is 0 Å². The van der Waals surface area contributed by atoms with Gasteiger partial charge in [-0.2, -0.15) is 4.57 Å². The van der Waals surface area contributed by atoms with Crippen molar-refractivity contribution < 1.29 is 9.36 Å². The van der Waals surface area contributed by atoms with Gasteiger partial charge in [-0.25, -0.2) is 0 Å². The molecule has 1 atom stereocenters. The van der Waals surface area contributed by atoms with Crippen LogP contribution in [0.15, 0.2) is 24.5 Å². The lowest BCUT2D eigenvalue weighted by atomic mass is 10.2. The topological polar surface area (TPSA) is 33.0 Å². The summed E-state index contributed by atoms with van der Waals surface area (Å²) >= 11 is 0. The molecule has 0 spiro atoms. The number of aryl methyl sites for hydroxylation is 1. The van der Waals surface area contributed by atoms with Crippen LogP contribution in [0, 0.1) is 0 Å². The fraction of sp³-hybridized carbons (Fsp3) is 0.538. The number of hydrogen-bond acceptors (Lipinski definition) is 1. The molecular formula is C13H21N2O+. The van der Waals surface area contributed by atoms with Gasteiger partial charge in [-0.05, 0) is 25.3 Å². The molecule has 0 unspecified atom stereocenters. The van der Waals surface area contributed by atoms with Crippen LogP contribution in [0.3, 0.4) is 0 Å². The first-order valence-electron chi connectivity index (χ1n) is 5.93. The Hall–Kier alpha value is -1.38. The Morgan fingerprint density at radius 1 is 1.38 bits per heavy atom. The number of carbonyl (C=O) groups is 1. The molecule has 0 aliphatic heterocycles. The second-order valence-corrected chi connectivity index (χ2v) is 4.11. The molecule has 3 nitrogen and oxygen atoms in total. The van der Waals surface area contributed by atoms with Gasteiger partial charge < -0.3 is 5.32 Å². The molecule has 0 bridgehead atoms. The molecule has 1 rings (SSSR count). The van der Waals surface area contributed by atoms with Gasteiger partial charge in [-0.1, -0.05) is 13.8 Å². The molecule has 0 aromatic carbocycles. The highest BCUT2D eigenvalue weighted by molar-refractivity contribution is 5.74. The first-order chi connectivity index (χ1) is 7.65. The zero-order valence-corrected chi connectivity index (χ0v) is 10.4. The predicted octanol–water partition coefficient (Wildman–Crippen LogP) is 1.45. The Balaban J connectivity index is 2.49. The van der Waals surface area contributed by atoms with Crippen LogP contribution in [0.4, 0.5) is 0 Å². The van der Waals surface area contributed by atoms with E-state index in [0.717, 1.165) is 12.8 Å². The van der Waals surface area contributed by atoms with Gasteiger partial charge in [-0.15, -0.1) is 0 Å². The number of pyridine rings is 1. The van der Waals surface area contributed by atoms with Crippen LogP contribution >= 0.6 is 0 Å². The van der Waals surface area contributed by atoms with Gasteiger partial charge in [0.1, 0.15) is 0 Å². The van der Waals surface area contributed by atoms with Crippen LogP contribution in [0.5, 0.6) is 0 Å². The first kappa shape index (κ1) is 12.7. The van der Waals surface area contributed by atoms with Gasteiger partial charge in [0.2, 0.25) is 6.54 Å². The highest BCUT2D eigenvalue weighted by Gasteiger charge is 2.10. The molecule has 1 heterocycles. The first-order valence-corrected chi connectivity index (χ1v) is 5.93. The van der Waals surface area contributed by atoms with Crippen molar-refractivity contribution in [1.29, 1.82) is 0 Å². The third kappa shape index (κ3) is 4.01. The van der Waals surface area contributed by atoms with Crippen LogP contribution < -0.4 is 9.88 Å². The summed E-state index contributed by atoms with van der Waals surface area (Å²) in [7, 11) is 0. The van der Waals surface area contributed by atoms with E-state index in [2.05, 4.69) is 31.3 Å². The van der Waals surface area contributed by atoms with Crippen molar-refractivity contribution in [2.24, 2.45) is 0 Å². The maximum atomic E-state index is 11.6. The van der Waals surface area contributed by atoms with Crippen LogP contribution in [0.2, 0.25) is 0 Å². The van der Waals surface area contributed by atoms with Gasteiger partial charge in [0.15, 0.2) is 12.4 Å². The number of aromatic nitrogens is 1. The van der Waals surface area contributed by atoms with E-state index in [1.165, 1.54) is 5.56 Å². The van der Waals surface area contributed by atoms with Crippen molar-refractivity contribution in [2.45, 2.75) is 46.2 Å². The molecule has 88 valence electrons. The van der Waals surface area contributed by atoms with Crippen molar-refractivity contribution in [1.82, 2.24) is 5.32 Å². The van der Waals surface area contributed by atoms with Crippen molar-refractivity contribution in [3.63, 3.8) is 0 Å². The summed E-state index contributed by atoms with van der Waals surface area (Å²) in [5.74, 6) is 0.0728. The van der Waals surface area contributed by atoms with E-state index in [4.69, 9.17) is 0 Å². The Morgan fingerprint density at radius 3 is 2.50 bits per heavy atom. The Morgan fingerprint density at radius 2 is 2.00 bits per heavy atom. The molecule has 1 amide bonds. The van der Waals surface area contributed by atoms with Crippen LogP contribution in [-0.4, -0.2) is 11.9 Å². The van der Waals surface area contributed by atoms with Gasteiger partial charge in [0.05, 0.1) is 0 Å². The van der Waals surface area contributed by atoms with E-state index < -0.39 is 0 Å². The fourth-order valence-corrected chi connectivity index (χ4v) is 1.42. The number of amides is 1. The number of carbonyl (C=O) groups excluding carboxylic acids is 1. The van der Waals surface area contributed by atoms with Crippen molar-refractivity contribution in [3.05, 3.63) is 30.1 Å². The third-order valence-electron chi connectivity index (χ3n) is 2.71. The molecule has 1 N–H and O–H groups in total. The summed E-state index contributed by atoms with van der Waals surface area (Å²) in [4.78, 5) is 11.6. The van der Waals surface area contributed by atoms with Gasteiger partial charge in [0, 0.05) is 18.2 Å². The minimum absolute atomic E-state index is 0.0728. The number of nitrogens with zero attached hydrogens (tertiary/aromatic N) is 1. The maximum Gasteiger partial charge on any atom is 0.286 e. The lowest BCUT2D eigenvalue weighted by molar-refractivity contribution is -0.684. The SMILES string of the molecule is CCc1cc[n+](CC(=O)N[C@@H](C)CC)cc1. The molecule has 0 radical (unpaired) electrons. The molecular weight excluding hydrogens is 200 g/mol. The summed E-state index contributed by atoms with van der Waals surface area (Å²) in [5.41, 5.74) is 1.29. The fourth-order valence-electron chi connectivity index (χ4n) is 1.42. The largest absolute Gasteiger partial charge is 0.348 e. The minimum Gasteiger partial charge on any atom is -0.348 e. The lowest BCUT2D eigenvalue weighted by Gasteiger charge is -2.09. The van der Waals surface area contributed by atoms with Crippen molar-refractivity contribution in [3.8, 4) is 0 Å². The summed E-state index contributed by atoms with van der Waals surface area (Å²) in [6.45, 7) is 6.60. The van der Waals surface area contributed by atoms with E-state index in [1.807, 2.05) is 23.9 Å². The van der Waals surface area contributed by atoms with Gasteiger partial charge in [0.25, 0.3) is 5.91 Å². The zero-order chi connectivity index (χ0) is 12.0. The van der Waals surface area contributed by atoms with E-state index in [0.29, 0.717) is 6.54 Å². The van der Waals surface area contributed by atoms with Crippen LogP contribution in [0.25, 0.3) is 0 Å². The summed E-state index contributed by atoms with van der Waals surface area (Å²) in [5, 5.41) is 2.95. The van der Waals surface area contributed by atoms with E-state index in [1.54, 1.807) is 0 Å². The molecule has 0 fully saturated rings. The molecule has 3 heteroatoms. The average Bonchev–Trinajstić information content (AvgIpc) is 2.29. The molecule has 1 aromatic rings. The van der Waals surface area contributed by atoms with Crippen molar-refractivity contribution in [2.75, 3.05) is 0 Å². The number of nitrogens with one attached hydrogen (secondary N) is 1. The second-order valence-electron chi connectivity index (χ2n) is 4.11. The monoisotopic (exact) mass is 221 g/mol. The summed E-state index contributed by atoms with van der Waals surface area (Å²) in [6.07, 6.45) is 5.90. The Bertz CT molecular complexity index is 332.